The van der Waals surface area contributed by atoms with Crippen molar-refractivity contribution in [3.63, 3.8) is 0 Å². The highest BCUT2D eigenvalue weighted by molar-refractivity contribution is 6.32. The van der Waals surface area contributed by atoms with Gasteiger partial charge in [-0.1, -0.05) is 11.6 Å². The summed E-state index contributed by atoms with van der Waals surface area (Å²) in [6.45, 7) is 0.558. The van der Waals surface area contributed by atoms with Gasteiger partial charge in [-0.2, -0.15) is 9.83 Å². The van der Waals surface area contributed by atoms with Gasteiger partial charge in [0.05, 0.1) is 30.4 Å². The lowest BCUT2D eigenvalue weighted by molar-refractivity contribution is -0.595. The largest absolute Gasteiger partial charge is 0.618 e. The third-order valence-electron chi connectivity index (χ3n) is 6.52. The topological polar surface area (TPSA) is 148 Å². The molecule has 13 heteroatoms. The van der Waals surface area contributed by atoms with Gasteiger partial charge < -0.3 is 30.4 Å². The van der Waals surface area contributed by atoms with E-state index in [0.29, 0.717) is 50.9 Å². The maximum Gasteiger partial charge on any atom is 0.321 e. The molecule has 4 heterocycles. The van der Waals surface area contributed by atoms with Crippen LogP contribution < -0.4 is 20.1 Å². The molecule has 5 aromatic rings. The van der Waals surface area contributed by atoms with E-state index < -0.39 is 17.8 Å². The monoisotopic (exact) mass is 576 g/mol. The highest BCUT2D eigenvalue weighted by Gasteiger charge is 2.28. The SMILES string of the molecule is O=C(Nc1ccc(Oc2ccnc3[nH]nc(N[C@H]4COC[C@@H]4O)c23)c(Cl)c1)c1cccc(-c2ccc(F)cc2)[n+]1[O-]. The van der Waals surface area contributed by atoms with Crippen molar-refractivity contribution in [2.24, 2.45) is 0 Å². The molecule has 2 atom stereocenters. The van der Waals surface area contributed by atoms with Crippen LogP contribution in [0, 0.1) is 11.0 Å². The molecule has 0 radical (unpaired) electrons. The Balaban J connectivity index is 1.21. The molecule has 0 spiro atoms. The number of hydrogen-bond acceptors (Lipinski definition) is 8. The van der Waals surface area contributed by atoms with Crippen LogP contribution in [-0.2, 0) is 4.74 Å². The number of H-pyrrole nitrogens is 1. The fourth-order valence-corrected chi connectivity index (χ4v) is 4.66. The first-order chi connectivity index (χ1) is 19.9. The standard InChI is InChI=1S/C28H22ClFN6O5/c29-18-12-17(32-28(38)21-3-1-2-20(36(21)39)15-4-6-16(30)7-5-15)8-9-23(18)41-24-10-11-31-26-25(24)27(35-34-26)33-19-13-40-14-22(19)37/h1-12,19,22,37H,13-14H2,(H,32,38)(H2,31,33,34,35)/t19-,22-/m0/s1. The number of rotatable bonds is 7. The van der Waals surface area contributed by atoms with Gasteiger partial charge in [-0.05, 0) is 48.5 Å². The van der Waals surface area contributed by atoms with Gasteiger partial charge in [-0.25, -0.2) is 9.37 Å². The molecule has 3 aromatic heterocycles. The third kappa shape index (κ3) is 5.35. The van der Waals surface area contributed by atoms with Gasteiger partial charge >= 0.3 is 5.91 Å². The summed E-state index contributed by atoms with van der Waals surface area (Å²) in [5.74, 6) is 0.0518. The summed E-state index contributed by atoms with van der Waals surface area (Å²) in [5, 5.41) is 36.7. The molecule has 1 amide bonds. The second-order valence-corrected chi connectivity index (χ2v) is 9.67. The molecule has 1 saturated heterocycles. The Bertz CT molecular complexity index is 1750. The van der Waals surface area contributed by atoms with Crippen LogP contribution in [0.1, 0.15) is 10.5 Å². The Morgan fingerprint density at radius 1 is 1.15 bits per heavy atom. The van der Waals surface area contributed by atoms with Crippen LogP contribution in [0.2, 0.25) is 5.02 Å². The molecular weight excluding hydrogens is 555 g/mol. The van der Waals surface area contributed by atoms with Gasteiger partial charge in [0.15, 0.2) is 11.5 Å². The Morgan fingerprint density at radius 3 is 2.73 bits per heavy atom. The van der Waals surface area contributed by atoms with E-state index in [4.69, 9.17) is 21.1 Å². The number of nitrogens with one attached hydrogen (secondary N) is 3. The number of fused-ring (bicyclic) bond motifs is 1. The number of aliphatic hydroxyl groups excluding tert-OH is 1. The first-order valence-electron chi connectivity index (χ1n) is 12.5. The van der Waals surface area contributed by atoms with Gasteiger partial charge in [-0.15, -0.1) is 0 Å². The van der Waals surface area contributed by atoms with Crippen LogP contribution >= 0.6 is 11.6 Å². The zero-order chi connectivity index (χ0) is 28.5. The van der Waals surface area contributed by atoms with Crippen molar-refractivity contribution >= 4 is 40.0 Å². The summed E-state index contributed by atoms with van der Waals surface area (Å²) in [6, 6.07) is 15.9. The van der Waals surface area contributed by atoms with Gasteiger partial charge in [0.2, 0.25) is 5.69 Å². The molecule has 1 aliphatic heterocycles. The van der Waals surface area contributed by atoms with E-state index in [9.17, 15) is 19.5 Å². The summed E-state index contributed by atoms with van der Waals surface area (Å²) < 4.78 is 25.2. The molecule has 0 aliphatic carbocycles. The molecular formula is C28H22ClFN6O5. The number of pyridine rings is 2. The number of carbonyl (C=O) groups is 1. The van der Waals surface area contributed by atoms with Crippen LogP contribution in [0.15, 0.2) is 72.9 Å². The number of carbonyl (C=O) groups excluding carboxylic acids is 1. The Morgan fingerprint density at radius 2 is 1.98 bits per heavy atom. The van der Waals surface area contributed by atoms with E-state index >= 15 is 0 Å². The highest BCUT2D eigenvalue weighted by atomic mass is 35.5. The second kappa shape index (κ2) is 11.0. The summed E-state index contributed by atoms with van der Waals surface area (Å²) in [7, 11) is 0. The van der Waals surface area contributed by atoms with Crippen molar-refractivity contribution in [2.45, 2.75) is 12.1 Å². The third-order valence-corrected chi connectivity index (χ3v) is 6.82. The fraction of sp³-hybridized carbons (Fsp3) is 0.143. The molecule has 4 N–H and O–H groups in total. The number of hydrogen-bond donors (Lipinski definition) is 4. The lowest BCUT2D eigenvalue weighted by atomic mass is 10.1. The van der Waals surface area contributed by atoms with Gasteiger partial charge in [0, 0.05) is 35.6 Å². The van der Waals surface area contributed by atoms with E-state index in [1.807, 2.05) is 0 Å². The number of benzene rings is 2. The van der Waals surface area contributed by atoms with Crippen LogP contribution in [0.5, 0.6) is 11.5 Å². The van der Waals surface area contributed by atoms with Crippen molar-refractivity contribution < 1.29 is 28.5 Å². The minimum Gasteiger partial charge on any atom is -0.618 e. The first kappa shape index (κ1) is 26.4. The maximum absolute atomic E-state index is 13.3. The number of aromatic amines is 1. The quantitative estimate of drug-likeness (QED) is 0.166. The van der Waals surface area contributed by atoms with E-state index in [1.165, 1.54) is 36.4 Å². The molecule has 1 aliphatic rings. The molecule has 41 heavy (non-hydrogen) atoms. The summed E-state index contributed by atoms with van der Waals surface area (Å²) in [4.78, 5) is 17.2. The molecule has 0 saturated carbocycles. The molecule has 1 fully saturated rings. The van der Waals surface area contributed by atoms with Crippen molar-refractivity contribution in [3.8, 4) is 22.8 Å². The van der Waals surface area contributed by atoms with E-state index in [2.05, 4.69) is 25.8 Å². The zero-order valence-corrected chi connectivity index (χ0v) is 21.9. The smallest absolute Gasteiger partial charge is 0.321 e. The first-order valence-corrected chi connectivity index (χ1v) is 12.9. The summed E-state index contributed by atoms with van der Waals surface area (Å²) >= 11 is 6.50. The van der Waals surface area contributed by atoms with Crippen molar-refractivity contribution in [1.29, 1.82) is 0 Å². The Kier molecular flexibility index (Phi) is 7.10. The van der Waals surface area contributed by atoms with Gasteiger partial charge in [-0.3, -0.25) is 9.89 Å². The predicted octanol–water partition coefficient (Wildman–Crippen LogP) is 4.27. The Labute approximate surface area is 237 Å². The predicted molar refractivity (Wildman–Crippen MR) is 148 cm³/mol. The molecule has 6 rings (SSSR count). The lowest BCUT2D eigenvalue weighted by Crippen LogP contribution is -2.38. The van der Waals surface area contributed by atoms with Crippen molar-refractivity contribution in [2.75, 3.05) is 23.8 Å². The minimum atomic E-state index is -0.679. The van der Waals surface area contributed by atoms with Gasteiger partial charge in [0.25, 0.3) is 5.69 Å². The second-order valence-electron chi connectivity index (χ2n) is 9.26. The molecule has 0 unspecified atom stereocenters. The number of aromatic nitrogens is 4. The van der Waals surface area contributed by atoms with Crippen LogP contribution in [0.4, 0.5) is 15.9 Å². The molecule has 0 bridgehead atoms. The normalized spacial score (nSPS) is 16.6. The average Bonchev–Trinajstić information content (AvgIpc) is 3.57. The number of nitrogens with zero attached hydrogens (tertiary/aromatic N) is 3. The average molecular weight is 577 g/mol. The van der Waals surface area contributed by atoms with Crippen LogP contribution in [-0.4, -0.2) is 51.6 Å². The summed E-state index contributed by atoms with van der Waals surface area (Å²) in [6.07, 6.45) is 0.870. The molecule has 11 nitrogen and oxygen atoms in total. The van der Waals surface area contributed by atoms with E-state index in [0.717, 1.165) is 0 Å². The fourth-order valence-electron chi connectivity index (χ4n) is 4.44. The number of anilines is 2. The number of aliphatic hydroxyl groups is 1. The summed E-state index contributed by atoms with van der Waals surface area (Å²) in [5.41, 5.74) is 1.31. The lowest BCUT2D eigenvalue weighted by Gasteiger charge is -2.15. The van der Waals surface area contributed by atoms with E-state index in [1.54, 1.807) is 36.5 Å². The van der Waals surface area contributed by atoms with Crippen LogP contribution in [0.3, 0.4) is 0 Å². The molecule has 2 aromatic carbocycles. The minimum absolute atomic E-state index is 0.153. The molecule has 208 valence electrons. The number of halogens is 2. The zero-order valence-electron chi connectivity index (χ0n) is 21.2. The Hall–Kier alpha value is -4.78. The number of amides is 1. The highest BCUT2D eigenvalue weighted by Crippen LogP contribution is 2.37. The van der Waals surface area contributed by atoms with Crippen molar-refractivity contribution in [3.05, 3.63) is 94.7 Å². The number of ether oxygens (including phenoxy) is 2. The van der Waals surface area contributed by atoms with Gasteiger partial charge in [0.1, 0.15) is 22.7 Å². The van der Waals surface area contributed by atoms with E-state index in [-0.39, 0.29) is 29.1 Å². The maximum atomic E-state index is 13.3. The van der Waals surface area contributed by atoms with Crippen LogP contribution in [0.25, 0.3) is 22.3 Å². The van der Waals surface area contributed by atoms with Crippen molar-refractivity contribution in [1.82, 2.24) is 15.2 Å².